The number of aromatic nitrogens is 3. The van der Waals surface area contributed by atoms with Gasteiger partial charge in [0.15, 0.2) is 5.65 Å². The van der Waals surface area contributed by atoms with Gasteiger partial charge in [0.1, 0.15) is 0 Å². The maximum Gasteiger partial charge on any atom is 0.329 e. The van der Waals surface area contributed by atoms with Gasteiger partial charge in [-0.15, -0.1) is 24.8 Å². The Morgan fingerprint density at radius 3 is 2.66 bits per heavy atom. The standard InChI is InChI=1S/C19H27N5O3.2ClH/c1-4-8-24-16-15(18(26)23-19(24)27)13(9-14(22-16)11(2)3)17(25)21-10-12-6-5-7-20-12;;/h9,11-12,20H,4-8,10H2,1-3H3,(H,21,25)(H,23,26,27);2*1H. The van der Waals surface area contributed by atoms with Crippen LogP contribution < -0.4 is 21.9 Å². The number of hydrogen-bond donors (Lipinski definition) is 3. The van der Waals surface area contributed by atoms with E-state index in [1.807, 2.05) is 20.8 Å². The summed E-state index contributed by atoms with van der Waals surface area (Å²) in [6.07, 6.45) is 2.83. The number of amides is 1. The van der Waals surface area contributed by atoms with Gasteiger partial charge in [-0.1, -0.05) is 20.8 Å². The van der Waals surface area contributed by atoms with Gasteiger partial charge < -0.3 is 10.6 Å². The van der Waals surface area contributed by atoms with Crippen molar-refractivity contribution in [2.45, 2.75) is 58.5 Å². The largest absolute Gasteiger partial charge is 0.350 e. The van der Waals surface area contributed by atoms with Crippen LogP contribution in [-0.2, 0) is 6.54 Å². The molecule has 0 radical (unpaired) electrons. The quantitative estimate of drug-likeness (QED) is 0.629. The summed E-state index contributed by atoms with van der Waals surface area (Å²) in [5, 5.41) is 6.43. The Morgan fingerprint density at radius 1 is 1.34 bits per heavy atom. The van der Waals surface area contributed by atoms with Crippen LogP contribution in [0.4, 0.5) is 0 Å². The molecule has 29 heavy (non-hydrogen) atoms. The molecule has 1 aliphatic rings. The number of nitrogens with one attached hydrogen (secondary N) is 3. The average molecular weight is 446 g/mol. The lowest BCUT2D eigenvalue weighted by Gasteiger charge is -2.16. The number of rotatable bonds is 6. The van der Waals surface area contributed by atoms with Crippen molar-refractivity contribution in [3.05, 3.63) is 38.2 Å². The molecule has 1 amide bonds. The van der Waals surface area contributed by atoms with Gasteiger partial charge in [0.2, 0.25) is 0 Å². The average Bonchev–Trinajstić information content (AvgIpc) is 3.15. The zero-order valence-electron chi connectivity index (χ0n) is 16.9. The van der Waals surface area contributed by atoms with Crippen molar-refractivity contribution in [2.75, 3.05) is 13.1 Å². The van der Waals surface area contributed by atoms with Gasteiger partial charge in [-0.05, 0) is 37.8 Å². The van der Waals surface area contributed by atoms with Crippen molar-refractivity contribution in [1.29, 1.82) is 0 Å². The number of fused-ring (bicyclic) bond motifs is 1. The first-order valence-electron chi connectivity index (χ1n) is 9.61. The summed E-state index contributed by atoms with van der Waals surface area (Å²) in [6.45, 7) is 7.76. The van der Waals surface area contributed by atoms with E-state index in [0.29, 0.717) is 25.2 Å². The summed E-state index contributed by atoms with van der Waals surface area (Å²) in [4.78, 5) is 44.5. The predicted molar refractivity (Wildman–Crippen MR) is 119 cm³/mol. The fraction of sp³-hybridized carbons (Fsp3) is 0.579. The minimum atomic E-state index is -0.575. The number of pyridine rings is 1. The minimum absolute atomic E-state index is 0. The van der Waals surface area contributed by atoms with E-state index in [2.05, 4.69) is 20.6 Å². The fourth-order valence-corrected chi connectivity index (χ4v) is 3.44. The number of aryl methyl sites for hydroxylation is 1. The molecule has 1 aliphatic heterocycles. The van der Waals surface area contributed by atoms with E-state index < -0.39 is 11.2 Å². The number of hydrogen-bond acceptors (Lipinski definition) is 5. The van der Waals surface area contributed by atoms with Crippen LogP contribution in [0.25, 0.3) is 11.0 Å². The first kappa shape index (κ1) is 25.1. The van der Waals surface area contributed by atoms with E-state index in [1.165, 1.54) is 4.57 Å². The van der Waals surface area contributed by atoms with Gasteiger partial charge in [0.05, 0.1) is 10.9 Å². The summed E-state index contributed by atoms with van der Waals surface area (Å²) in [6, 6.07) is 1.92. The highest BCUT2D eigenvalue weighted by Gasteiger charge is 2.21. The van der Waals surface area contributed by atoms with Crippen LogP contribution in [0.3, 0.4) is 0 Å². The van der Waals surface area contributed by atoms with Crippen molar-refractivity contribution in [2.24, 2.45) is 0 Å². The Bertz CT molecular complexity index is 965. The van der Waals surface area contributed by atoms with Gasteiger partial charge in [0.25, 0.3) is 11.5 Å². The first-order chi connectivity index (χ1) is 12.9. The molecule has 3 rings (SSSR count). The van der Waals surface area contributed by atoms with Crippen molar-refractivity contribution in [1.82, 2.24) is 25.2 Å². The first-order valence-corrected chi connectivity index (χ1v) is 9.61. The molecule has 10 heteroatoms. The fourth-order valence-electron chi connectivity index (χ4n) is 3.44. The second-order valence-electron chi connectivity index (χ2n) is 7.36. The van der Waals surface area contributed by atoms with Crippen molar-refractivity contribution in [3.63, 3.8) is 0 Å². The topological polar surface area (TPSA) is 109 Å². The maximum atomic E-state index is 12.9. The van der Waals surface area contributed by atoms with Crippen LogP contribution in [0.5, 0.6) is 0 Å². The second-order valence-corrected chi connectivity index (χ2v) is 7.36. The Labute approximate surface area is 181 Å². The summed E-state index contributed by atoms with van der Waals surface area (Å²) >= 11 is 0. The Hall–Kier alpha value is -1.90. The SMILES string of the molecule is CCCn1c(=O)[nH]c(=O)c2c(C(=O)NCC3CCCN3)cc(C(C)C)nc21.Cl.Cl. The van der Waals surface area contributed by atoms with Gasteiger partial charge in [-0.3, -0.25) is 19.1 Å². The highest BCUT2D eigenvalue weighted by molar-refractivity contribution is 6.05. The van der Waals surface area contributed by atoms with E-state index in [4.69, 9.17) is 0 Å². The van der Waals surface area contributed by atoms with Crippen LogP contribution in [0, 0.1) is 0 Å². The van der Waals surface area contributed by atoms with Crippen LogP contribution in [0.2, 0.25) is 0 Å². The molecule has 1 unspecified atom stereocenters. The molecule has 1 fully saturated rings. The number of carbonyl (C=O) groups is 1. The van der Waals surface area contributed by atoms with Crippen LogP contribution >= 0.6 is 24.8 Å². The molecule has 3 N–H and O–H groups in total. The van der Waals surface area contributed by atoms with Gasteiger partial charge >= 0.3 is 5.69 Å². The van der Waals surface area contributed by atoms with Crippen molar-refractivity contribution < 1.29 is 4.79 Å². The number of nitrogens with zero attached hydrogens (tertiary/aromatic N) is 2. The van der Waals surface area contributed by atoms with E-state index in [-0.39, 0.29) is 59.3 Å². The van der Waals surface area contributed by atoms with E-state index in [0.717, 1.165) is 19.4 Å². The van der Waals surface area contributed by atoms with Crippen LogP contribution in [0.15, 0.2) is 15.7 Å². The lowest BCUT2D eigenvalue weighted by molar-refractivity contribution is 0.0951. The summed E-state index contributed by atoms with van der Waals surface area (Å²) in [5.74, 6) is -0.257. The molecule has 1 saturated heterocycles. The molecule has 0 spiro atoms. The summed E-state index contributed by atoms with van der Waals surface area (Å²) in [7, 11) is 0. The highest BCUT2D eigenvalue weighted by Crippen LogP contribution is 2.20. The Balaban J connectivity index is 0.00000210. The zero-order valence-corrected chi connectivity index (χ0v) is 18.5. The molecular weight excluding hydrogens is 417 g/mol. The number of H-pyrrole nitrogens is 1. The Morgan fingerprint density at radius 2 is 2.07 bits per heavy atom. The van der Waals surface area contributed by atoms with Gasteiger partial charge in [-0.2, -0.15) is 0 Å². The Kier molecular flexibility index (Phi) is 9.32. The molecule has 8 nitrogen and oxygen atoms in total. The molecule has 3 heterocycles. The second kappa shape index (κ2) is 10.8. The van der Waals surface area contributed by atoms with Crippen LogP contribution in [0.1, 0.15) is 62.0 Å². The van der Waals surface area contributed by atoms with Crippen molar-refractivity contribution >= 4 is 41.8 Å². The third-order valence-corrected chi connectivity index (χ3v) is 4.92. The predicted octanol–water partition coefficient (Wildman–Crippen LogP) is 1.94. The zero-order chi connectivity index (χ0) is 19.6. The van der Waals surface area contributed by atoms with Crippen molar-refractivity contribution in [3.8, 4) is 0 Å². The van der Waals surface area contributed by atoms with E-state index >= 15 is 0 Å². The molecule has 0 aliphatic carbocycles. The van der Waals surface area contributed by atoms with E-state index in [1.54, 1.807) is 6.07 Å². The lowest BCUT2D eigenvalue weighted by Crippen LogP contribution is -2.38. The molecule has 0 bridgehead atoms. The smallest absolute Gasteiger partial charge is 0.329 e. The molecule has 0 aromatic carbocycles. The number of aromatic amines is 1. The normalized spacial score (nSPS) is 15.8. The molecule has 2 aromatic rings. The monoisotopic (exact) mass is 445 g/mol. The lowest BCUT2D eigenvalue weighted by atomic mass is 10.0. The van der Waals surface area contributed by atoms with E-state index in [9.17, 15) is 14.4 Å². The highest BCUT2D eigenvalue weighted by atomic mass is 35.5. The summed E-state index contributed by atoms with van der Waals surface area (Å²) in [5.41, 5.74) is 0.161. The number of halogens is 2. The number of carbonyl (C=O) groups excluding carboxylic acids is 1. The maximum absolute atomic E-state index is 12.9. The summed E-state index contributed by atoms with van der Waals surface area (Å²) < 4.78 is 1.44. The minimum Gasteiger partial charge on any atom is -0.350 e. The molecule has 2 aromatic heterocycles. The molecule has 162 valence electrons. The third kappa shape index (κ3) is 5.38. The third-order valence-electron chi connectivity index (χ3n) is 4.92. The molecule has 0 saturated carbocycles. The molecule has 1 atom stereocenters. The van der Waals surface area contributed by atoms with Gasteiger partial charge in [0, 0.05) is 24.8 Å². The molecular formula is C19H29Cl2N5O3. The van der Waals surface area contributed by atoms with Gasteiger partial charge in [-0.25, -0.2) is 9.78 Å². The van der Waals surface area contributed by atoms with Crippen LogP contribution in [-0.4, -0.2) is 39.6 Å².